The zero-order valence-electron chi connectivity index (χ0n) is 20.2. The van der Waals surface area contributed by atoms with E-state index >= 15 is 0 Å². The average Bonchev–Trinajstić information content (AvgIpc) is 2.81. The van der Waals surface area contributed by atoms with Crippen molar-refractivity contribution in [2.24, 2.45) is 0 Å². The molecule has 2 nitrogen and oxygen atoms in total. The van der Waals surface area contributed by atoms with Crippen LogP contribution in [0.1, 0.15) is 104 Å². The molecule has 2 rings (SSSR count). The molecule has 0 atom stereocenters. The second-order valence-electron chi connectivity index (χ2n) is 8.77. The first-order valence-electron chi connectivity index (χ1n) is 12.9. The van der Waals surface area contributed by atoms with Crippen molar-refractivity contribution in [1.29, 1.82) is 0 Å². The molecule has 180 valence electrons. The summed E-state index contributed by atoms with van der Waals surface area (Å²) < 4.78 is 12.3. The van der Waals surface area contributed by atoms with Gasteiger partial charge in [0.2, 0.25) is 0 Å². The maximum Gasteiger partial charge on any atom is 0.147 e. The van der Waals surface area contributed by atoms with Gasteiger partial charge in [0.25, 0.3) is 0 Å². The lowest BCUT2D eigenvalue weighted by Gasteiger charge is -2.17. The van der Waals surface area contributed by atoms with Crippen LogP contribution in [0.25, 0.3) is 10.8 Å². The Hall–Kier alpha value is -1.12. The topological polar surface area (TPSA) is 18.5 Å². The van der Waals surface area contributed by atoms with Crippen LogP contribution in [0.15, 0.2) is 24.3 Å². The number of unbranched alkanes of at least 4 members (excludes halogenated alkanes) is 12. The van der Waals surface area contributed by atoms with E-state index in [1.807, 2.05) is 24.3 Å². The lowest BCUT2D eigenvalue weighted by molar-refractivity contribution is 0.301. The van der Waals surface area contributed by atoms with Crippen LogP contribution in [0, 0.1) is 0 Å². The predicted octanol–water partition coefficient (Wildman–Crippen LogP) is 10.4. The molecule has 4 heteroatoms. The fraction of sp³-hybridized carbons (Fsp3) is 0.643. The standard InChI is InChI=1S/C28H42Cl2O2/c1-3-5-7-9-11-13-17-21-31-27-23-19-15-16-20-24(23)28(26(30)25(27)29)32-22-18-14-12-10-8-6-4-2/h15-16,19-20H,3-14,17-18,21-22H2,1-2H3. The summed E-state index contributed by atoms with van der Waals surface area (Å²) in [5.74, 6) is 1.36. The smallest absolute Gasteiger partial charge is 0.147 e. The molecule has 0 amide bonds. The predicted molar refractivity (Wildman–Crippen MR) is 141 cm³/mol. The van der Waals surface area contributed by atoms with Crippen LogP contribution < -0.4 is 9.47 Å². The molecule has 0 aliphatic carbocycles. The number of fused-ring (bicyclic) bond motifs is 1. The normalized spacial score (nSPS) is 11.2. The van der Waals surface area contributed by atoms with Crippen LogP contribution >= 0.6 is 23.2 Å². The summed E-state index contributed by atoms with van der Waals surface area (Å²) in [7, 11) is 0. The SMILES string of the molecule is CCCCCCCCCOc1c(Cl)c(Cl)c(OCCCCCCCCC)c2ccccc12. The number of ether oxygens (including phenoxy) is 2. The molecule has 0 aromatic heterocycles. The zero-order chi connectivity index (χ0) is 23.0. The van der Waals surface area contributed by atoms with Crippen molar-refractivity contribution >= 4 is 34.0 Å². The number of hydrogen-bond acceptors (Lipinski definition) is 2. The first-order valence-corrected chi connectivity index (χ1v) is 13.6. The Bertz CT molecular complexity index is 711. The fourth-order valence-corrected chi connectivity index (χ4v) is 4.55. The Kier molecular flexibility index (Phi) is 14.0. The molecular formula is C28H42Cl2O2. The summed E-state index contributed by atoms with van der Waals surface area (Å²) in [6.07, 6.45) is 17.5. The van der Waals surface area contributed by atoms with Gasteiger partial charge in [-0.25, -0.2) is 0 Å². The maximum atomic E-state index is 6.65. The maximum absolute atomic E-state index is 6.65. The Balaban J connectivity index is 1.91. The van der Waals surface area contributed by atoms with Crippen LogP contribution in [0.2, 0.25) is 10.0 Å². The molecule has 0 aliphatic rings. The fourth-order valence-electron chi connectivity index (χ4n) is 4.06. The van der Waals surface area contributed by atoms with Crippen molar-refractivity contribution in [3.8, 4) is 11.5 Å². The second kappa shape index (κ2) is 16.5. The minimum absolute atomic E-state index is 0.461. The van der Waals surface area contributed by atoms with Gasteiger partial charge in [-0.15, -0.1) is 0 Å². The van der Waals surface area contributed by atoms with E-state index in [9.17, 15) is 0 Å². The molecule has 0 saturated heterocycles. The van der Waals surface area contributed by atoms with Gasteiger partial charge in [0, 0.05) is 10.8 Å². The second-order valence-corrected chi connectivity index (χ2v) is 9.53. The third-order valence-electron chi connectivity index (χ3n) is 6.00. The molecular weight excluding hydrogens is 439 g/mol. The Morgan fingerprint density at radius 1 is 0.531 bits per heavy atom. The van der Waals surface area contributed by atoms with Gasteiger partial charge in [-0.05, 0) is 12.8 Å². The molecule has 0 heterocycles. The minimum atomic E-state index is 0.461. The third-order valence-corrected chi connectivity index (χ3v) is 6.81. The average molecular weight is 482 g/mol. The van der Waals surface area contributed by atoms with E-state index in [-0.39, 0.29) is 0 Å². The number of rotatable bonds is 18. The van der Waals surface area contributed by atoms with Crippen molar-refractivity contribution in [2.45, 2.75) is 104 Å². The largest absolute Gasteiger partial charge is 0.491 e. The summed E-state index contributed by atoms with van der Waals surface area (Å²) >= 11 is 13.3. The van der Waals surface area contributed by atoms with E-state index in [2.05, 4.69) is 13.8 Å². The van der Waals surface area contributed by atoms with E-state index in [0.29, 0.717) is 34.8 Å². The van der Waals surface area contributed by atoms with Gasteiger partial charge in [0.15, 0.2) is 0 Å². The first kappa shape index (κ1) is 27.1. The van der Waals surface area contributed by atoms with Gasteiger partial charge < -0.3 is 9.47 Å². The highest BCUT2D eigenvalue weighted by molar-refractivity contribution is 6.45. The summed E-state index contributed by atoms with van der Waals surface area (Å²) in [5, 5.41) is 2.87. The van der Waals surface area contributed by atoms with E-state index in [1.54, 1.807) is 0 Å². The van der Waals surface area contributed by atoms with Crippen LogP contribution in [0.4, 0.5) is 0 Å². The highest BCUT2D eigenvalue weighted by Gasteiger charge is 2.19. The molecule has 0 spiro atoms. The van der Waals surface area contributed by atoms with Crippen LogP contribution in [-0.2, 0) is 0 Å². The van der Waals surface area contributed by atoms with Gasteiger partial charge >= 0.3 is 0 Å². The Labute approximate surface area is 206 Å². The Morgan fingerprint density at radius 2 is 0.875 bits per heavy atom. The van der Waals surface area contributed by atoms with E-state index < -0.39 is 0 Å². The minimum Gasteiger partial charge on any atom is -0.491 e. The summed E-state index contributed by atoms with van der Waals surface area (Å²) in [4.78, 5) is 0. The molecule has 0 radical (unpaired) electrons. The van der Waals surface area contributed by atoms with Gasteiger partial charge in [0.1, 0.15) is 21.5 Å². The molecule has 2 aromatic rings. The zero-order valence-corrected chi connectivity index (χ0v) is 21.7. The molecule has 0 fully saturated rings. The van der Waals surface area contributed by atoms with Gasteiger partial charge in [-0.1, -0.05) is 138 Å². The lowest BCUT2D eigenvalue weighted by atomic mass is 10.1. The summed E-state index contributed by atoms with van der Waals surface area (Å²) in [6, 6.07) is 8.09. The van der Waals surface area contributed by atoms with E-state index in [4.69, 9.17) is 32.7 Å². The number of benzene rings is 2. The molecule has 0 saturated carbocycles. The lowest BCUT2D eigenvalue weighted by Crippen LogP contribution is -2.02. The van der Waals surface area contributed by atoms with Crippen molar-refractivity contribution < 1.29 is 9.47 Å². The monoisotopic (exact) mass is 480 g/mol. The van der Waals surface area contributed by atoms with Gasteiger partial charge in [-0.2, -0.15) is 0 Å². The molecule has 0 bridgehead atoms. The van der Waals surface area contributed by atoms with Crippen molar-refractivity contribution in [3.63, 3.8) is 0 Å². The summed E-state index contributed by atoms with van der Waals surface area (Å²) in [5.41, 5.74) is 0. The van der Waals surface area contributed by atoms with Crippen LogP contribution in [0.3, 0.4) is 0 Å². The quantitative estimate of drug-likeness (QED) is 0.197. The first-order chi connectivity index (χ1) is 15.7. The molecule has 0 unspecified atom stereocenters. The van der Waals surface area contributed by atoms with Crippen LogP contribution in [-0.4, -0.2) is 13.2 Å². The number of halogens is 2. The molecule has 2 aromatic carbocycles. The summed E-state index contributed by atoms with van der Waals surface area (Å²) in [6.45, 7) is 5.82. The highest BCUT2D eigenvalue weighted by Crippen LogP contribution is 2.46. The van der Waals surface area contributed by atoms with E-state index in [1.165, 1.54) is 77.0 Å². The van der Waals surface area contributed by atoms with Crippen LogP contribution in [0.5, 0.6) is 11.5 Å². The highest BCUT2D eigenvalue weighted by atomic mass is 35.5. The van der Waals surface area contributed by atoms with E-state index in [0.717, 1.165) is 23.6 Å². The Morgan fingerprint density at radius 3 is 1.25 bits per heavy atom. The number of hydrogen-bond donors (Lipinski definition) is 0. The van der Waals surface area contributed by atoms with Crippen molar-refractivity contribution in [2.75, 3.05) is 13.2 Å². The molecule has 0 N–H and O–H groups in total. The van der Waals surface area contributed by atoms with Crippen molar-refractivity contribution in [1.82, 2.24) is 0 Å². The van der Waals surface area contributed by atoms with Crippen molar-refractivity contribution in [3.05, 3.63) is 34.3 Å². The van der Waals surface area contributed by atoms with Gasteiger partial charge in [-0.3, -0.25) is 0 Å². The molecule has 32 heavy (non-hydrogen) atoms. The molecule has 0 aliphatic heterocycles. The third kappa shape index (κ3) is 9.02. The van der Waals surface area contributed by atoms with Gasteiger partial charge in [0.05, 0.1) is 13.2 Å².